The van der Waals surface area contributed by atoms with E-state index in [2.05, 4.69) is 28.9 Å². The van der Waals surface area contributed by atoms with Gasteiger partial charge >= 0.3 is 6.03 Å². The van der Waals surface area contributed by atoms with Gasteiger partial charge in [-0.2, -0.15) is 5.26 Å². The van der Waals surface area contributed by atoms with Crippen molar-refractivity contribution < 1.29 is 19.0 Å². The number of rotatable bonds is 8. The van der Waals surface area contributed by atoms with Crippen LogP contribution in [-0.4, -0.2) is 64.5 Å². The summed E-state index contributed by atoms with van der Waals surface area (Å²) in [6.07, 6.45) is 2.35. The third kappa shape index (κ3) is 5.35. The number of nitriles is 1. The van der Waals surface area contributed by atoms with Gasteiger partial charge in [0.05, 0.1) is 46.9 Å². The number of aromatic nitrogens is 2. The van der Waals surface area contributed by atoms with E-state index < -0.39 is 11.4 Å². The number of amides is 2. The molecule has 4 atom stereocenters. The maximum Gasteiger partial charge on any atom is 0.325 e. The molecule has 2 bridgehead atoms. The van der Waals surface area contributed by atoms with Gasteiger partial charge in [-0.3, -0.25) is 4.90 Å². The molecule has 2 amide bonds. The molecule has 9 nitrogen and oxygen atoms in total. The molecule has 2 N–H and O–H groups in total. The maximum atomic E-state index is 17.1. The van der Waals surface area contributed by atoms with Gasteiger partial charge < -0.3 is 24.6 Å². The molecule has 4 aliphatic heterocycles. The predicted octanol–water partition coefficient (Wildman–Crippen LogP) is 8.21. The largest absolute Gasteiger partial charge is 0.380 e. The summed E-state index contributed by atoms with van der Waals surface area (Å²) in [4.78, 5) is 23.1. The number of ether oxygens (including phenoxy) is 1. The first-order valence-corrected chi connectivity index (χ1v) is 19.0. The van der Waals surface area contributed by atoms with Crippen molar-refractivity contribution in [1.82, 2.24) is 19.8 Å². The molecule has 1 aliphatic carbocycles. The Morgan fingerprint density at radius 1 is 1.15 bits per heavy atom. The van der Waals surface area contributed by atoms with E-state index >= 15 is 4.39 Å². The number of urea groups is 1. The van der Waals surface area contributed by atoms with Crippen molar-refractivity contribution in [3.8, 4) is 17.2 Å². The summed E-state index contributed by atoms with van der Waals surface area (Å²) in [6.45, 7) is 6.50. The number of nitrogens with zero attached hydrogens (tertiary/aromatic N) is 5. The highest BCUT2D eigenvalue weighted by atomic mass is 35.5. The van der Waals surface area contributed by atoms with Crippen LogP contribution < -0.4 is 10.2 Å². The number of benzene rings is 3. The van der Waals surface area contributed by atoms with E-state index in [1.54, 1.807) is 23.1 Å². The quantitative estimate of drug-likeness (QED) is 0.166. The normalized spacial score (nSPS) is 22.6. The van der Waals surface area contributed by atoms with E-state index in [1.165, 1.54) is 0 Å². The number of carbonyl (C=O) groups is 1. The molecule has 12 heteroatoms. The number of anilines is 1. The van der Waals surface area contributed by atoms with Crippen LogP contribution in [0.15, 0.2) is 54.6 Å². The second-order valence-electron chi connectivity index (χ2n) is 15.0. The van der Waals surface area contributed by atoms with Gasteiger partial charge in [0.15, 0.2) is 5.82 Å². The molecule has 0 spiro atoms. The minimum atomic E-state index is -1.04. The van der Waals surface area contributed by atoms with Gasteiger partial charge in [0.2, 0.25) is 0 Å². The number of hydrogen-bond acceptors (Lipinski definition) is 6. The van der Waals surface area contributed by atoms with Crippen molar-refractivity contribution in [2.45, 2.75) is 63.3 Å². The predicted molar refractivity (Wildman–Crippen MR) is 204 cm³/mol. The van der Waals surface area contributed by atoms with Gasteiger partial charge in [-0.1, -0.05) is 47.5 Å². The van der Waals surface area contributed by atoms with E-state index in [-0.39, 0.29) is 54.3 Å². The zero-order chi connectivity index (χ0) is 36.8. The van der Waals surface area contributed by atoms with Gasteiger partial charge in [0.25, 0.3) is 0 Å². The van der Waals surface area contributed by atoms with Crippen LogP contribution in [-0.2, 0) is 16.8 Å². The topological polar surface area (TPSA) is 107 Å². The fourth-order valence-electron chi connectivity index (χ4n) is 9.09. The third-order valence-electron chi connectivity index (χ3n) is 12.0. The standard InChI is InChI=1S/C41H39Cl2FN6O3/c1-22-29-18-33(23(2)48-13-6-14-49(40(48)51)27-9-3-8-26(17-27)41(52)20-53-21-41)50(38-25-16-32(38)46-19-25)39(29)30-15-24(7-5-12-45)34(36(44)37(30)47-22)28-10-4-11-31(42)35(28)43/h3-4,8-11,15,17-18,23,25,32,38,46,52H,5-7,13-14,16,19-21H2,1-2H3. The van der Waals surface area contributed by atoms with Crippen LogP contribution in [0.5, 0.6) is 0 Å². The van der Waals surface area contributed by atoms with Crippen LogP contribution in [0.25, 0.3) is 32.9 Å². The van der Waals surface area contributed by atoms with Gasteiger partial charge in [-0.25, -0.2) is 14.2 Å². The second kappa shape index (κ2) is 13.0. The molecular weight excluding hydrogens is 714 g/mol. The fraction of sp³-hybridized carbons (Fsp3) is 0.390. The highest BCUT2D eigenvalue weighted by Gasteiger charge is 2.49. The van der Waals surface area contributed by atoms with E-state index in [0.717, 1.165) is 47.2 Å². The minimum Gasteiger partial charge on any atom is -0.380 e. The molecule has 6 heterocycles. The second-order valence-corrected chi connectivity index (χ2v) is 15.8. The first kappa shape index (κ1) is 34.5. The van der Waals surface area contributed by atoms with Crippen molar-refractivity contribution in [3.05, 3.63) is 93.0 Å². The van der Waals surface area contributed by atoms with E-state index in [9.17, 15) is 15.2 Å². The average Bonchev–Trinajstić information content (AvgIpc) is 3.89. The summed E-state index contributed by atoms with van der Waals surface area (Å²) in [6, 6.07) is 19.1. The molecular formula is C41H39Cl2FN6O3. The lowest BCUT2D eigenvalue weighted by Gasteiger charge is -2.42. The Kier molecular flexibility index (Phi) is 8.44. The molecule has 10 rings (SSSR count). The Balaban J connectivity index is 1.20. The lowest BCUT2D eigenvalue weighted by atomic mass is 9.79. The number of aliphatic hydroxyl groups is 1. The first-order chi connectivity index (χ1) is 25.6. The van der Waals surface area contributed by atoms with Crippen molar-refractivity contribution in [1.29, 1.82) is 5.26 Å². The van der Waals surface area contributed by atoms with Gasteiger partial charge in [0.1, 0.15) is 11.1 Å². The zero-order valence-corrected chi connectivity index (χ0v) is 31.0. The number of carbonyl (C=O) groups excluding carboxylic acids is 1. The molecule has 53 heavy (non-hydrogen) atoms. The lowest BCUT2D eigenvalue weighted by molar-refractivity contribution is -0.184. The van der Waals surface area contributed by atoms with Gasteiger partial charge in [-0.15, -0.1) is 0 Å². The molecule has 5 aromatic rings. The number of aryl methyl sites for hydroxylation is 2. The number of fused-ring (bicyclic) bond motifs is 4. The molecule has 0 radical (unpaired) electrons. The van der Waals surface area contributed by atoms with Crippen LogP contribution in [0.4, 0.5) is 14.9 Å². The Bertz CT molecular complexity index is 2360. The Morgan fingerprint density at radius 3 is 2.68 bits per heavy atom. The molecule has 5 fully saturated rings. The van der Waals surface area contributed by atoms with Crippen LogP contribution in [0.1, 0.15) is 60.8 Å². The summed E-state index contributed by atoms with van der Waals surface area (Å²) in [7, 11) is 0. The first-order valence-electron chi connectivity index (χ1n) is 18.3. The molecule has 4 unspecified atom stereocenters. The van der Waals surface area contributed by atoms with Gasteiger partial charge in [-0.05, 0) is 80.5 Å². The van der Waals surface area contributed by atoms with Crippen molar-refractivity contribution >= 4 is 56.7 Å². The number of nitrogens with one attached hydrogen (secondary N) is 1. The Hall–Kier alpha value is -4.24. The molecule has 5 aliphatic rings. The van der Waals surface area contributed by atoms with Crippen LogP contribution >= 0.6 is 23.2 Å². The Labute approximate surface area is 316 Å². The fourth-order valence-corrected chi connectivity index (χ4v) is 9.49. The summed E-state index contributed by atoms with van der Waals surface area (Å²) in [5.41, 5.74) is 4.67. The summed E-state index contributed by atoms with van der Waals surface area (Å²) in [5, 5.41) is 26.4. The van der Waals surface area contributed by atoms with Gasteiger partial charge in [0, 0.05) is 71.1 Å². The number of hydrogen-bond donors (Lipinski definition) is 2. The molecule has 3 aromatic carbocycles. The van der Waals surface area contributed by atoms with Crippen molar-refractivity contribution in [2.24, 2.45) is 5.92 Å². The zero-order valence-electron chi connectivity index (χ0n) is 29.5. The van der Waals surface area contributed by atoms with Crippen LogP contribution in [0, 0.1) is 30.0 Å². The molecule has 2 aromatic heterocycles. The molecule has 1 saturated carbocycles. The van der Waals surface area contributed by atoms with E-state index in [1.807, 2.05) is 42.2 Å². The minimum absolute atomic E-state index is 0.100. The highest BCUT2D eigenvalue weighted by molar-refractivity contribution is 6.43. The highest BCUT2D eigenvalue weighted by Crippen LogP contribution is 2.50. The SMILES string of the molecule is Cc1nc2c(F)c(-c3cccc(Cl)c3Cl)c(CCC#N)cc2c2c1cc(C(C)N1CCCN(c3cccc(C4(O)COC4)c3)C1=O)n2C1C2CNC1C2. The Morgan fingerprint density at radius 2 is 1.96 bits per heavy atom. The van der Waals surface area contributed by atoms with Crippen LogP contribution in [0.3, 0.4) is 0 Å². The lowest BCUT2D eigenvalue weighted by Crippen LogP contribution is -2.51. The smallest absolute Gasteiger partial charge is 0.325 e. The van der Waals surface area contributed by atoms with Crippen LogP contribution in [0.2, 0.25) is 10.0 Å². The van der Waals surface area contributed by atoms with Crippen molar-refractivity contribution in [2.75, 3.05) is 37.7 Å². The summed E-state index contributed by atoms with van der Waals surface area (Å²) >= 11 is 13.1. The monoisotopic (exact) mass is 752 g/mol. The summed E-state index contributed by atoms with van der Waals surface area (Å²) < 4.78 is 24.8. The average molecular weight is 754 g/mol. The van der Waals surface area contributed by atoms with E-state index in [0.29, 0.717) is 58.2 Å². The molecule has 4 saturated heterocycles. The third-order valence-corrected chi connectivity index (χ3v) is 12.8. The molecule has 272 valence electrons. The summed E-state index contributed by atoms with van der Waals surface area (Å²) in [5.74, 6) is -0.0982. The maximum absolute atomic E-state index is 17.1. The van der Waals surface area contributed by atoms with E-state index in [4.69, 9.17) is 32.9 Å². The number of pyridine rings is 1. The van der Waals surface area contributed by atoms with Crippen molar-refractivity contribution in [3.63, 3.8) is 0 Å². The number of halogens is 3.